The highest BCUT2D eigenvalue weighted by molar-refractivity contribution is 5.55. The maximum atomic E-state index is 13.1. The van der Waals surface area contributed by atoms with Crippen LogP contribution in [0, 0.1) is 0 Å². The lowest BCUT2D eigenvalue weighted by molar-refractivity contribution is -0.137. The number of halogens is 3. The summed E-state index contributed by atoms with van der Waals surface area (Å²) >= 11 is 0. The van der Waals surface area contributed by atoms with Gasteiger partial charge in [-0.15, -0.1) is 0 Å². The molecule has 0 bridgehead atoms. The van der Waals surface area contributed by atoms with Gasteiger partial charge in [0.15, 0.2) is 0 Å². The van der Waals surface area contributed by atoms with Crippen LogP contribution in [0.2, 0.25) is 0 Å². The van der Waals surface area contributed by atoms with Crippen molar-refractivity contribution in [1.29, 1.82) is 0 Å². The number of alkyl halides is 3. The molecule has 8 nitrogen and oxygen atoms in total. The lowest BCUT2D eigenvalue weighted by atomic mass is 9.85. The van der Waals surface area contributed by atoms with Gasteiger partial charge in [0.05, 0.1) is 17.2 Å². The largest absolute Gasteiger partial charge is 0.421 e. The second-order valence-corrected chi connectivity index (χ2v) is 7.95. The lowest BCUT2D eigenvalue weighted by Gasteiger charge is -2.19. The number of anilines is 3. The predicted octanol–water partition coefficient (Wildman–Crippen LogP) is 3.72. The quantitative estimate of drug-likeness (QED) is 0.657. The van der Waals surface area contributed by atoms with Crippen LogP contribution in [-0.4, -0.2) is 36.3 Å². The van der Waals surface area contributed by atoms with E-state index in [2.05, 4.69) is 37.1 Å². The zero-order valence-corrected chi connectivity index (χ0v) is 16.5. The van der Waals surface area contributed by atoms with Crippen molar-refractivity contribution in [1.82, 2.24) is 29.3 Å². The summed E-state index contributed by atoms with van der Waals surface area (Å²) in [4.78, 5) is 12.4. The molecule has 1 aliphatic carbocycles. The SMILES string of the molecule is CNc1nc(Nc2cc([C@@]3(C)CCn4ccnc43)nn2C2CC2)ncc1C(F)(F)F. The van der Waals surface area contributed by atoms with Gasteiger partial charge in [-0.05, 0) is 26.2 Å². The van der Waals surface area contributed by atoms with Gasteiger partial charge in [-0.25, -0.2) is 14.6 Å². The van der Waals surface area contributed by atoms with E-state index in [0.717, 1.165) is 43.5 Å². The first kappa shape index (κ1) is 18.9. The summed E-state index contributed by atoms with van der Waals surface area (Å²) in [5.74, 6) is 1.44. The van der Waals surface area contributed by atoms with Gasteiger partial charge < -0.3 is 15.2 Å². The van der Waals surface area contributed by atoms with E-state index in [4.69, 9.17) is 5.10 Å². The first-order valence-electron chi connectivity index (χ1n) is 9.80. The molecule has 158 valence electrons. The van der Waals surface area contributed by atoms with Crippen molar-refractivity contribution in [2.24, 2.45) is 0 Å². The number of hydrogen-bond donors (Lipinski definition) is 2. The molecule has 3 aromatic rings. The second-order valence-electron chi connectivity index (χ2n) is 7.95. The van der Waals surface area contributed by atoms with Crippen LogP contribution in [0.25, 0.3) is 0 Å². The minimum absolute atomic E-state index is 0.0822. The number of fused-ring (bicyclic) bond motifs is 1. The monoisotopic (exact) mass is 418 g/mol. The molecule has 1 atom stereocenters. The Bertz CT molecular complexity index is 1100. The zero-order valence-electron chi connectivity index (χ0n) is 16.5. The highest BCUT2D eigenvalue weighted by Crippen LogP contribution is 2.43. The van der Waals surface area contributed by atoms with Crippen LogP contribution in [0.15, 0.2) is 24.7 Å². The fourth-order valence-electron chi connectivity index (χ4n) is 3.98. The van der Waals surface area contributed by atoms with E-state index >= 15 is 0 Å². The van der Waals surface area contributed by atoms with Gasteiger partial charge in [-0.3, -0.25) is 0 Å². The predicted molar refractivity (Wildman–Crippen MR) is 104 cm³/mol. The first-order valence-corrected chi connectivity index (χ1v) is 9.80. The third-order valence-electron chi connectivity index (χ3n) is 5.83. The van der Waals surface area contributed by atoms with E-state index < -0.39 is 11.7 Å². The topological polar surface area (TPSA) is 85.5 Å². The van der Waals surface area contributed by atoms with Crippen LogP contribution in [0.3, 0.4) is 0 Å². The Kier molecular flexibility index (Phi) is 4.06. The van der Waals surface area contributed by atoms with Gasteiger partial charge in [0.25, 0.3) is 0 Å². The molecule has 1 saturated carbocycles. The summed E-state index contributed by atoms with van der Waals surface area (Å²) in [7, 11) is 1.40. The molecule has 0 saturated heterocycles. The summed E-state index contributed by atoms with van der Waals surface area (Å²) in [5.41, 5.74) is -0.350. The highest BCUT2D eigenvalue weighted by atomic mass is 19.4. The van der Waals surface area contributed by atoms with Crippen molar-refractivity contribution in [3.05, 3.63) is 41.7 Å². The van der Waals surface area contributed by atoms with Gasteiger partial charge in [-0.2, -0.15) is 23.3 Å². The van der Waals surface area contributed by atoms with E-state index in [-0.39, 0.29) is 23.2 Å². The Morgan fingerprint density at radius 2 is 2.03 bits per heavy atom. The molecule has 4 heterocycles. The van der Waals surface area contributed by atoms with Crippen molar-refractivity contribution in [2.45, 2.75) is 50.4 Å². The fourth-order valence-corrected chi connectivity index (χ4v) is 3.98. The van der Waals surface area contributed by atoms with Gasteiger partial charge in [0.2, 0.25) is 5.95 Å². The number of nitrogens with one attached hydrogen (secondary N) is 2. The molecule has 2 aliphatic rings. The van der Waals surface area contributed by atoms with Crippen molar-refractivity contribution in [3.8, 4) is 0 Å². The normalized spacial score (nSPS) is 21.0. The minimum Gasteiger partial charge on any atom is -0.372 e. The van der Waals surface area contributed by atoms with Crippen LogP contribution in [0.1, 0.15) is 49.3 Å². The van der Waals surface area contributed by atoms with Crippen molar-refractivity contribution < 1.29 is 13.2 Å². The summed E-state index contributed by atoms with van der Waals surface area (Å²) in [6.07, 6.45) is 2.92. The molecule has 2 N–H and O–H groups in total. The van der Waals surface area contributed by atoms with Crippen LogP contribution in [0.4, 0.5) is 30.8 Å². The van der Waals surface area contributed by atoms with Crippen molar-refractivity contribution >= 4 is 17.6 Å². The summed E-state index contributed by atoms with van der Waals surface area (Å²) in [6, 6.07) is 2.20. The van der Waals surface area contributed by atoms with Gasteiger partial charge in [-0.1, -0.05) is 0 Å². The number of imidazole rings is 1. The molecule has 0 aromatic carbocycles. The van der Waals surface area contributed by atoms with E-state index in [0.29, 0.717) is 5.82 Å². The lowest BCUT2D eigenvalue weighted by Crippen LogP contribution is -2.22. The average Bonchev–Trinajstić information content (AvgIpc) is 3.13. The van der Waals surface area contributed by atoms with Crippen molar-refractivity contribution in [2.75, 3.05) is 17.7 Å². The third kappa shape index (κ3) is 2.99. The smallest absolute Gasteiger partial charge is 0.372 e. The van der Waals surface area contributed by atoms with Crippen LogP contribution < -0.4 is 10.6 Å². The molecular formula is C19H21F3N8. The Labute approximate surface area is 170 Å². The maximum absolute atomic E-state index is 13.1. The summed E-state index contributed by atoms with van der Waals surface area (Å²) in [6.45, 7) is 2.99. The Morgan fingerprint density at radius 3 is 2.73 bits per heavy atom. The molecule has 30 heavy (non-hydrogen) atoms. The van der Waals surface area contributed by atoms with Crippen LogP contribution in [0.5, 0.6) is 0 Å². The number of aryl methyl sites for hydroxylation is 1. The van der Waals surface area contributed by atoms with E-state index in [9.17, 15) is 13.2 Å². The molecule has 0 spiro atoms. The van der Waals surface area contributed by atoms with E-state index in [1.807, 2.05) is 16.9 Å². The number of aromatic nitrogens is 6. The Morgan fingerprint density at radius 1 is 1.23 bits per heavy atom. The number of hydrogen-bond acceptors (Lipinski definition) is 6. The molecule has 0 radical (unpaired) electrons. The van der Waals surface area contributed by atoms with Gasteiger partial charge in [0, 0.05) is 38.2 Å². The Balaban J connectivity index is 1.50. The molecule has 0 amide bonds. The second kappa shape index (κ2) is 6.44. The highest BCUT2D eigenvalue weighted by Gasteiger charge is 2.41. The molecule has 5 rings (SSSR count). The van der Waals surface area contributed by atoms with Gasteiger partial charge >= 0.3 is 6.18 Å². The van der Waals surface area contributed by atoms with Crippen LogP contribution in [-0.2, 0) is 18.1 Å². The standard InChI is InChI=1S/C19H21F3N8/c1-18(5-7-29-8-6-24-16(18)29)13-9-14(30(28-13)11-3-4-11)26-17-25-10-12(19(20,21)22)15(23-2)27-17/h6,8-11H,3-5,7H2,1-2H3,(H2,23,25,26,27)/t18-/m1/s1. The minimum atomic E-state index is -4.53. The zero-order chi connectivity index (χ0) is 21.1. The average molecular weight is 418 g/mol. The molecule has 0 unspecified atom stereocenters. The van der Waals surface area contributed by atoms with Crippen molar-refractivity contribution in [3.63, 3.8) is 0 Å². The molecule has 3 aromatic heterocycles. The number of nitrogens with zero attached hydrogens (tertiary/aromatic N) is 6. The fraction of sp³-hybridized carbons (Fsp3) is 0.474. The number of rotatable bonds is 5. The maximum Gasteiger partial charge on any atom is 0.421 e. The third-order valence-corrected chi connectivity index (χ3v) is 5.83. The molecule has 11 heteroatoms. The molecule has 1 fully saturated rings. The summed E-state index contributed by atoms with van der Waals surface area (Å²) < 4.78 is 43.4. The summed E-state index contributed by atoms with van der Waals surface area (Å²) in [5, 5.41) is 10.4. The van der Waals surface area contributed by atoms with E-state index in [1.165, 1.54) is 7.05 Å². The Hall–Kier alpha value is -3.11. The molecular weight excluding hydrogens is 397 g/mol. The molecule has 1 aliphatic heterocycles. The first-order chi connectivity index (χ1) is 14.3. The van der Waals surface area contributed by atoms with Crippen LogP contribution >= 0.6 is 0 Å². The van der Waals surface area contributed by atoms with Gasteiger partial charge in [0.1, 0.15) is 23.0 Å². The van der Waals surface area contributed by atoms with E-state index in [1.54, 1.807) is 6.20 Å².